The maximum absolute atomic E-state index is 13.4. The van der Waals surface area contributed by atoms with E-state index in [0.29, 0.717) is 17.0 Å². The van der Waals surface area contributed by atoms with Gasteiger partial charge in [0, 0.05) is 43.0 Å². The van der Waals surface area contributed by atoms with Gasteiger partial charge in [-0.05, 0) is 30.3 Å². The minimum absolute atomic E-state index is 0.318. The van der Waals surface area contributed by atoms with E-state index in [0.717, 1.165) is 48.5 Å². The van der Waals surface area contributed by atoms with Gasteiger partial charge in [-0.25, -0.2) is 14.4 Å². The van der Waals surface area contributed by atoms with Crippen LogP contribution < -0.4 is 15.5 Å². The number of nitrogens with zero attached hydrogens (tertiary/aromatic N) is 3. The normalized spacial score (nSPS) is 14.8. The molecule has 0 radical (unpaired) electrons. The van der Waals surface area contributed by atoms with Crippen molar-refractivity contribution in [1.82, 2.24) is 15.3 Å². The van der Waals surface area contributed by atoms with Crippen molar-refractivity contribution in [2.75, 3.05) is 36.4 Å². The first kappa shape index (κ1) is 16.0. The Bertz CT molecular complexity index is 1100. The maximum Gasteiger partial charge on any atom is 0.153 e. The van der Waals surface area contributed by atoms with Crippen LogP contribution in [-0.4, -0.2) is 36.1 Å². The summed E-state index contributed by atoms with van der Waals surface area (Å²) in [5.41, 5.74) is 2.26. The smallest absolute Gasteiger partial charge is 0.153 e. The number of nitrogens with one attached hydrogen (secondary N) is 2. The fourth-order valence-electron chi connectivity index (χ4n) is 3.43. The highest BCUT2D eigenvalue weighted by Gasteiger charge is 2.12. The SMILES string of the molecule is Fc1ccc2c(c1)oc1cnc(Nc3ccc(N4CCNCC4)cn3)cc12. The summed E-state index contributed by atoms with van der Waals surface area (Å²) in [6, 6.07) is 10.5. The predicted octanol–water partition coefficient (Wildman–Crippen LogP) is 3.67. The summed E-state index contributed by atoms with van der Waals surface area (Å²) in [6.45, 7) is 3.96. The first-order chi connectivity index (χ1) is 13.3. The molecule has 27 heavy (non-hydrogen) atoms. The third-order valence-electron chi connectivity index (χ3n) is 4.81. The molecular formula is C20H18FN5O. The Kier molecular flexibility index (Phi) is 3.86. The van der Waals surface area contributed by atoms with E-state index in [9.17, 15) is 4.39 Å². The van der Waals surface area contributed by atoms with Gasteiger partial charge >= 0.3 is 0 Å². The summed E-state index contributed by atoms with van der Waals surface area (Å²) in [7, 11) is 0. The van der Waals surface area contributed by atoms with Crippen LogP contribution in [0.3, 0.4) is 0 Å². The van der Waals surface area contributed by atoms with E-state index in [1.807, 2.05) is 18.3 Å². The molecule has 1 fully saturated rings. The third-order valence-corrected chi connectivity index (χ3v) is 4.81. The molecular weight excluding hydrogens is 345 g/mol. The number of hydrogen-bond donors (Lipinski definition) is 2. The second-order valence-electron chi connectivity index (χ2n) is 6.57. The van der Waals surface area contributed by atoms with Crippen LogP contribution >= 0.6 is 0 Å². The predicted molar refractivity (Wildman–Crippen MR) is 104 cm³/mol. The third kappa shape index (κ3) is 3.06. The fourth-order valence-corrected chi connectivity index (χ4v) is 3.43. The molecule has 0 atom stereocenters. The van der Waals surface area contributed by atoms with E-state index < -0.39 is 0 Å². The van der Waals surface area contributed by atoms with E-state index in [-0.39, 0.29) is 5.82 Å². The van der Waals surface area contributed by atoms with Gasteiger partial charge in [0.1, 0.15) is 23.0 Å². The molecule has 0 unspecified atom stereocenters. The summed E-state index contributed by atoms with van der Waals surface area (Å²) < 4.78 is 19.1. The molecule has 136 valence electrons. The molecule has 6 nitrogen and oxygen atoms in total. The molecule has 0 saturated carbocycles. The summed E-state index contributed by atoms with van der Waals surface area (Å²) in [6.07, 6.45) is 3.52. The topological polar surface area (TPSA) is 66.2 Å². The lowest BCUT2D eigenvalue weighted by Crippen LogP contribution is -2.43. The molecule has 4 heterocycles. The molecule has 0 amide bonds. The van der Waals surface area contributed by atoms with Crippen molar-refractivity contribution in [3.05, 3.63) is 54.6 Å². The van der Waals surface area contributed by atoms with Crippen molar-refractivity contribution in [2.24, 2.45) is 0 Å². The van der Waals surface area contributed by atoms with E-state index in [4.69, 9.17) is 4.42 Å². The van der Waals surface area contributed by atoms with Gasteiger partial charge in [-0.15, -0.1) is 0 Å². The molecule has 3 aromatic heterocycles. The lowest BCUT2D eigenvalue weighted by Gasteiger charge is -2.29. The largest absolute Gasteiger partial charge is 0.454 e. The quantitative estimate of drug-likeness (QED) is 0.579. The van der Waals surface area contributed by atoms with Crippen LogP contribution in [0.2, 0.25) is 0 Å². The Balaban J connectivity index is 1.41. The summed E-state index contributed by atoms with van der Waals surface area (Å²) in [5.74, 6) is 1.07. The molecule has 1 aromatic carbocycles. The minimum Gasteiger partial charge on any atom is -0.454 e. The average molecular weight is 363 g/mol. The molecule has 1 saturated heterocycles. The van der Waals surface area contributed by atoms with Gasteiger partial charge in [-0.3, -0.25) is 0 Å². The molecule has 1 aliphatic rings. The summed E-state index contributed by atoms with van der Waals surface area (Å²) in [5, 5.41) is 8.32. The number of hydrogen-bond acceptors (Lipinski definition) is 6. The number of fused-ring (bicyclic) bond motifs is 3. The van der Waals surface area contributed by atoms with Gasteiger partial charge in [0.25, 0.3) is 0 Å². The van der Waals surface area contributed by atoms with Crippen LogP contribution in [0.5, 0.6) is 0 Å². The van der Waals surface area contributed by atoms with Gasteiger partial charge in [-0.2, -0.15) is 0 Å². The molecule has 0 spiro atoms. The Morgan fingerprint density at radius 1 is 0.926 bits per heavy atom. The number of furan rings is 1. The zero-order valence-corrected chi connectivity index (χ0v) is 14.6. The van der Waals surface area contributed by atoms with Gasteiger partial charge in [0.2, 0.25) is 0 Å². The average Bonchev–Trinajstić information content (AvgIpc) is 3.06. The lowest BCUT2D eigenvalue weighted by molar-refractivity contribution is 0.589. The van der Waals surface area contributed by atoms with Crippen molar-refractivity contribution >= 4 is 39.3 Å². The molecule has 1 aliphatic heterocycles. The fraction of sp³-hybridized carbons (Fsp3) is 0.200. The van der Waals surface area contributed by atoms with Gasteiger partial charge < -0.3 is 20.0 Å². The van der Waals surface area contributed by atoms with Crippen LogP contribution in [0.1, 0.15) is 0 Å². The highest BCUT2D eigenvalue weighted by Crippen LogP contribution is 2.30. The maximum atomic E-state index is 13.4. The summed E-state index contributed by atoms with van der Waals surface area (Å²) in [4.78, 5) is 11.2. The first-order valence-corrected chi connectivity index (χ1v) is 8.93. The summed E-state index contributed by atoms with van der Waals surface area (Å²) >= 11 is 0. The van der Waals surface area contributed by atoms with Crippen molar-refractivity contribution in [3.63, 3.8) is 0 Å². The van der Waals surface area contributed by atoms with Crippen molar-refractivity contribution in [2.45, 2.75) is 0 Å². The number of pyridine rings is 2. The monoisotopic (exact) mass is 363 g/mol. The first-order valence-electron chi connectivity index (χ1n) is 8.93. The highest BCUT2D eigenvalue weighted by atomic mass is 19.1. The number of rotatable bonds is 3. The molecule has 5 rings (SSSR count). The number of piperazine rings is 1. The van der Waals surface area contributed by atoms with E-state index in [1.54, 1.807) is 12.3 Å². The Labute approximate surface area is 155 Å². The Hall–Kier alpha value is -3.19. The number of halogens is 1. The molecule has 0 bridgehead atoms. The number of aromatic nitrogens is 2. The van der Waals surface area contributed by atoms with E-state index >= 15 is 0 Å². The number of benzene rings is 1. The zero-order valence-electron chi connectivity index (χ0n) is 14.6. The second-order valence-corrected chi connectivity index (χ2v) is 6.57. The van der Waals surface area contributed by atoms with Crippen LogP contribution in [0.25, 0.3) is 21.9 Å². The van der Waals surface area contributed by atoms with Crippen molar-refractivity contribution in [3.8, 4) is 0 Å². The Morgan fingerprint density at radius 3 is 2.59 bits per heavy atom. The minimum atomic E-state index is -0.318. The van der Waals surface area contributed by atoms with Gasteiger partial charge in [-0.1, -0.05) is 0 Å². The zero-order chi connectivity index (χ0) is 18.2. The Morgan fingerprint density at radius 2 is 1.78 bits per heavy atom. The lowest BCUT2D eigenvalue weighted by atomic mass is 10.2. The standard InChI is InChI=1S/C20H18FN5O/c21-13-1-3-15-16-10-20(24-12-18(16)27-17(15)9-13)25-19-4-2-14(11-23-19)26-7-5-22-6-8-26/h1-4,9-12,22H,5-8H2,(H,23,24,25). The van der Waals surface area contributed by atoms with E-state index in [1.165, 1.54) is 12.1 Å². The van der Waals surface area contributed by atoms with Crippen LogP contribution in [0.4, 0.5) is 21.7 Å². The van der Waals surface area contributed by atoms with Crippen LogP contribution in [-0.2, 0) is 0 Å². The van der Waals surface area contributed by atoms with Crippen LogP contribution in [0, 0.1) is 5.82 Å². The van der Waals surface area contributed by atoms with Crippen LogP contribution in [0.15, 0.2) is 53.2 Å². The van der Waals surface area contributed by atoms with Gasteiger partial charge in [0.15, 0.2) is 5.58 Å². The second kappa shape index (κ2) is 6.51. The van der Waals surface area contributed by atoms with Gasteiger partial charge in [0.05, 0.1) is 18.1 Å². The van der Waals surface area contributed by atoms with Crippen molar-refractivity contribution in [1.29, 1.82) is 0 Å². The van der Waals surface area contributed by atoms with Crippen molar-refractivity contribution < 1.29 is 8.81 Å². The van der Waals surface area contributed by atoms with E-state index in [2.05, 4.69) is 31.6 Å². The number of anilines is 3. The highest BCUT2D eigenvalue weighted by molar-refractivity contribution is 6.05. The molecule has 2 N–H and O–H groups in total. The molecule has 0 aliphatic carbocycles. The molecule has 7 heteroatoms. The molecule has 4 aromatic rings.